The Morgan fingerprint density at radius 1 is 1.39 bits per heavy atom. The smallest absolute Gasteiger partial charge is 0.406 e. The van der Waals surface area contributed by atoms with Gasteiger partial charge in [0.1, 0.15) is 17.3 Å². The summed E-state index contributed by atoms with van der Waals surface area (Å²) < 4.78 is 5.45. The monoisotopic (exact) mass is 336 g/mol. The van der Waals surface area contributed by atoms with Gasteiger partial charge in [0.2, 0.25) is 11.7 Å². The summed E-state index contributed by atoms with van der Waals surface area (Å²) in [6.07, 6.45) is 0.226. The van der Waals surface area contributed by atoms with Gasteiger partial charge >= 0.3 is 5.82 Å². The molecule has 23 heavy (non-hydrogen) atoms. The van der Waals surface area contributed by atoms with Crippen LogP contribution in [0.15, 0.2) is 17.5 Å². The van der Waals surface area contributed by atoms with E-state index in [0.29, 0.717) is 16.4 Å². The molecule has 0 spiro atoms. The highest BCUT2D eigenvalue weighted by Gasteiger charge is 2.18. The van der Waals surface area contributed by atoms with Crippen LogP contribution in [-0.2, 0) is 17.8 Å². The number of nitrogens with zero attached hydrogens (tertiary/aromatic N) is 4. The Morgan fingerprint density at radius 3 is 2.78 bits per heavy atom. The van der Waals surface area contributed by atoms with Gasteiger partial charge in [-0.3, -0.25) is 4.79 Å². The number of hydrogen-bond donors (Lipinski definition) is 0. The van der Waals surface area contributed by atoms with Crippen LogP contribution in [0.2, 0.25) is 0 Å². The largest absolute Gasteiger partial charge is 0.479 e. The van der Waals surface area contributed by atoms with Crippen LogP contribution in [0.5, 0.6) is 5.75 Å². The number of carbonyl (C=O) groups excluding carboxylic acids is 1. The molecule has 2 aromatic heterocycles. The summed E-state index contributed by atoms with van der Waals surface area (Å²) >= 11 is 1.36. The molecule has 2 rings (SSSR count). The van der Waals surface area contributed by atoms with Gasteiger partial charge in [-0.05, 0) is 22.0 Å². The number of hydrogen-bond acceptors (Lipinski definition) is 7. The highest BCUT2D eigenvalue weighted by atomic mass is 32.1. The second-order valence-electron chi connectivity index (χ2n) is 5.02. The van der Waals surface area contributed by atoms with Crippen LogP contribution < -0.4 is 4.74 Å². The van der Waals surface area contributed by atoms with Crippen molar-refractivity contribution in [2.75, 3.05) is 14.1 Å². The number of pyridine rings is 1. The molecule has 8 nitrogen and oxygen atoms in total. The number of aryl methyl sites for hydroxylation is 1. The number of amides is 1. The quantitative estimate of drug-likeness (QED) is 0.591. The maximum Gasteiger partial charge on any atom is 0.406 e. The lowest BCUT2D eigenvalue weighted by atomic mass is 10.3. The van der Waals surface area contributed by atoms with Crippen LogP contribution in [0.3, 0.4) is 0 Å². The van der Waals surface area contributed by atoms with Gasteiger partial charge in [0, 0.05) is 26.4 Å². The van der Waals surface area contributed by atoms with Crippen molar-refractivity contribution in [3.8, 4) is 5.75 Å². The van der Waals surface area contributed by atoms with Gasteiger partial charge < -0.3 is 19.8 Å². The van der Waals surface area contributed by atoms with Crippen LogP contribution >= 0.6 is 11.3 Å². The van der Waals surface area contributed by atoms with Crippen molar-refractivity contribution in [1.82, 2.24) is 14.9 Å². The lowest BCUT2D eigenvalue weighted by Gasteiger charge is -2.07. The number of carbonyl (C=O) groups is 1. The first-order valence-corrected chi connectivity index (χ1v) is 7.63. The van der Waals surface area contributed by atoms with E-state index in [1.165, 1.54) is 22.3 Å². The molecule has 2 aromatic rings. The number of thiazole rings is 1. The summed E-state index contributed by atoms with van der Waals surface area (Å²) in [6, 6.07) is 3.16. The fraction of sp³-hybridized carbons (Fsp3) is 0.357. The third-order valence-corrected chi connectivity index (χ3v) is 3.83. The fourth-order valence-corrected chi connectivity index (χ4v) is 2.48. The first-order chi connectivity index (χ1) is 10.9. The normalized spacial score (nSPS) is 10.4. The molecule has 0 saturated carbocycles. The minimum absolute atomic E-state index is 0.0369. The molecular formula is C14H16N4O4S. The number of ether oxygens (including phenoxy) is 1. The lowest BCUT2D eigenvalue weighted by molar-refractivity contribution is -0.390. The zero-order valence-electron chi connectivity index (χ0n) is 13.0. The van der Waals surface area contributed by atoms with Gasteiger partial charge in [0.15, 0.2) is 0 Å². The van der Waals surface area contributed by atoms with E-state index in [0.717, 1.165) is 0 Å². The summed E-state index contributed by atoms with van der Waals surface area (Å²) in [5.74, 6) is -0.257. The molecule has 0 aromatic carbocycles. The number of nitro groups is 1. The minimum Gasteiger partial charge on any atom is -0.479 e. The Morgan fingerprint density at radius 2 is 2.13 bits per heavy atom. The molecular weight excluding hydrogens is 320 g/mol. The maximum atomic E-state index is 11.6. The van der Waals surface area contributed by atoms with Gasteiger partial charge in [-0.15, -0.1) is 11.3 Å². The number of rotatable bonds is 6. The van der Waals surface area contributed by atoms with Crippen molar-refractivity contribution in [2.45, 2.75) is 20.0 Å². The first-order valence-electron chi connectivity index (χ1n) is 6.75. The van der Waals surface area contributed by atoms with E-state index in [1.807, 2.05) is 0 Å². The Hall–Kier alpha value is -2.55. The number of likely N-dealkylation sites (N-methyl/N-ethyl adjacent to an activating group) is 1. The van der Waals surface area contributed by atoms with Gasteiger partial charge in [-0.1, -0.05) is 0 Å². The predicted molar refractivity (Wildman–Crippen MR) is 84.5 cm³/mol. The molecule has 0 saturated heterocycles. The zero-order valence-corrected chi connectivity index (χ0v) is 13.8. The molecule has 0 bridgehead atoms. The zero-order chi connectivity index (χ0) is 17.0. The molecule has 9 heteroatoms. The standard InChI is InChI=1S/C14H16N4O4S/c1-9-4-5-11(14(15-9)18(20)21)22-7-10-8-23-12(16-10)6-13(19)17(2)3/h4-5,8H,6-7H2,1-3H3. The van der Waals surface area contributed by atoms with Crippen molar-refractivity contribution >= 4 is 23.1 Å². The van der Waals surface area contributed by atoms with Crippen LogP contribution in [0.4, 0.5) is 5.82 Å². The Kier molecular flexibility index (Phi) is 5.22. The topological polar surface area (TPSA) is 98.5 Å². The van der Waals surface area contributed by atoms with Crippen LogP contribution in [0, 0.1) is 17.0 Å². The SMILES string of the molecule is Cc1ccc(OCc2csc(CC(=O)N(C)C)n2)c([N+](=O)[O-])n1. The van der Waals surface area contributed by atoms with Crippen molar-refractivity contribution in [1.29, 1.82) is 0 Å². The lowest BCUT2D eigenvalue weighted by Crippen LogP contribution is -2.23. The molecule has 122 valence electrons. The van der Waals surface area contributed by atoms with E-state index in [9.17, 15) is 14.9 Å². The highest BCUT2D eigenvalue weighted by Crippen LogP contribution is 2.25. The van der Waals surface area contributed by atoms with Gasteiger partial charge in [-0.2, -0.15) is 0 Å². The van der Waals surface area contributed by atoms with E-state index in [-0.39, 0.29) is 30.5 Å². The minimum atomic E-state index is -0.579. The van der Waals surface area contributed by atoms with E-state index in [1.54, 1.807) is 32.5 Å². The number of aromatic nitrogens is 2. The van der Waals surface area contributed by atoms with Gasteiger partial charge in [-0.25, -0.2) is 4.98 Å². The summed E-state index contributed by atoms with van der Waals surface area (Å²) in [7, 11) is 3.37. The molecule has 0 radical (unpaired) electrons. The maximum absolute atomic E-state index is 11.6. The van der Waals surface area contributed by atoms with Crippen molar-refractivity contribution in [2.24, 2.45) is 0 Å². The second-order valence-corrected chi connectivity index (χ2v) is 5.96. The molecule has 0 aliphatic carbocycles. The Bertz CT molecular complexity index is 729. The first kappa shape index (κ1) is 16.8. The summed E-state index contributed by atoms with van der Waals surface area (Å²) in [4.78, 5) is 31.7. The highest BCUT2D eigenvalue weighted by molar-refractivity contribution is 7.09. The van der Waals surface area contributed by atoms with E-state index in [2.05, 4.69) is 9.97 Å². The van der Waals surface area contributed by atoms with Crippen LogP contribution in [0.25, 0.3) is 0 Å². The van der Waals surface area contributed by atoms with Crippen LogP contribution in [0.1, 0.15) is 16.4 Å². The molecule has 2 heterocycles. The third-order valence-electron chi connectivity index (χ3n) is 2.93. The predicted octanol–water partition coefficient (Wildman–Crippen LogP) is 1.96. The Balaban J connectivity index is 2.03. The summed E-state index contributed by atoms with van der Waals surface area (Å²) in [5.41, 5.74) is 1.16. The van der Waals surface area contributed by atoms with Crippen LogP contribution in [-0.4, -0.2) is 39.8 Å². The van der Waals surface area contributed by atoms with E-state index in [4.69, 9.17) is 4.74 Å². The fourth-order valence-electron chi connectivity index (χ4n) is 1.71. The van der Waals surface area contributed by atoms with E-state index < -0.39 is 4.92 Å². The van der Waals surface area contributed by atoms with Crippen molar-refractivity contribution in [3.05, 3.63) is 44.0 Å². The molecule has 0 atom stereocenters. The third kappa shape index (κ3) is 4.46. The molecule has 0 aliphatic heterocycles. The summed E-state index contributed by atoms with van der Waals surface area (Å²) in [6.45, 7) is 1.75. The van der Waals surface area contributed by atoms with Gasteiger partial charge in [0.25, 0.3) is 0 Å². The molecule has 0 aliphatic rings. The van der Waals surface area contributed by atoms with Crippen molar-refractivity contribution < 1.29 is 14.5 Å². The molecule has 0 unspecified atom stereocenters. The molecule has 1 amide bonds. The van der Waals surface area contributed by atoms with Crippen molar-refractivity contribution in [3.63, 3.8) is 0 Å². The average Bonchev–Trinajstić information content (AvgIpc) is 2.93. The van der Waals surface area contributed by atoms with E-state index >= 15 is 0 Å². The molecule has 0 N–H and O–H groups in total. The average molecular weight is 336 g/mol. The second kappa shape index (κ2) is 7.14. The Labute approximate surface area is 136 Å². The summed E-state index contributed by atoms with van der Waals surface area (Å²) in [5, 5.41) is 13.4. The van der Waals surface area contributed by atoms with Gasteiger partial charge in [0.05, 0.1) is 12.1 Å². The molecule has 0 fully saturated rings.